The standard InChI is InChI=1S/C16H13IN2O2/c17-13-2-4-15-12(6-13)8-19-9-18(15)7-11-5-10(16(20)21)1-3-14(11)19/h1-6H,7-9H2,(H,20,21). The SMILES string of the molecule is O=C(O)c1ccc2c(c1)CN1CN2Cc2cc(I)ccc21. The minimum Gasteiger partial charge on any atom is -0.478 e. The molecule has 2 heterocycles. The van der Waals surface area contributed by atoms with Crippen LogP contribution in [0.4, 0.5) is 11.4 Å². The Labute approximate surface area is 136 Å². The van der Waals surface area contributed by atoms with Crippen molar-refractivity contribution in [2.75, 3.05) is 16.5 Å². The van der Waals surface area contributed by atoms with Crippen LogP contribution in [0.2, 0.25) is 0 Å². The number of benzene rings is 2. The van der Waals surface area contributed by atoms with Gasteiger partial charge in [0.1, 0.15) is 0 Å². The molecule has 0 aromatic heterocycles. The number of fused-ring (bicyclic) bond motifs is 6. The molecule has 2 aliphatic rings. The number of nitrogens with zero attached hydrogens (tertiary/aromatic N) is 2. The minimum absolute atomic E-state index is 0.360. The van der Waals surface area contributed by atoms with Gasteiger partial charge < -0.3 is 14.9 Å². The van der Waals surface area contributed by atoms with E-state index in [1.165, 1.54) is 14.8 Å². The van der Waals surface area contributed by atoms with E-state index in [4.69, 9.17) is 5.11 Å². The number of carboxylic acid groups (broad SMARTS) is 1. The lowest BCUT2D eigenvalue weighted by Gasteiger charge is -2.44. The van der Waals surface area contributed by atoms with E-state index in [0.29, 0.717) is 5.56 Å². The van der Waals surface area contributed by atoms with Crippen molar-refractivity contribution in [3.63, 3.8) is 0 Å². The molecule has 0 aliphatic carbocycles. The molecule has 2 aromatic rings. The second-order valence-corrected chi connectivity index (χ2v) is 6.70. The molecular weight excluding hydrogens is 379 g/mol. The number of anilines is 2. The Balaban J connectivity index is 1.79. The van der Waals surface area contributed by atoms with Gasteiger partial charge in [-0.25, -0.2) is 4.79 Å². The second kappa shape index (κ2) is 4.62. The summed E-state index contributed by atoms with van der Waals surface area (Å²) in [7, 11) is 0. The fraction of sp³-hybridized carbons (Fsp3) is 0.188. The summed E-state index contributed by atoms with van der Waals surface area (Å²) < 4.78 is 1.25. The van der Waals surface area contributed by atoms with Crippen molar-refractivity contribution in [1.82, 2.24) is 0 Å². The molecule has 5 heteroatoms. The van der Waals surface area contributed by atoms with Crippen molar-refractivity contribution in [3.05, 3.63) is 56.7 Å². The lowest BCUT2D eigenvalue weighted by Crippen LogP contribution is -2.46. The first-order valence-corrected chi connectivity index (χ1v) is 7.84. The number of halogens is 1. The summed E-state index contributed by atoms with van der Waals surface area (Å²) in [5.41, 5.74) is 5.20. The molecule has 0 atom stereocenters. The summed E-state index contributed by atoms with van der Waals surface area (Å²) in [4.78, 5) is 15.8. The number of carbonyl (C=O) groups is 1. The fourth-order valence-electron chi connectivity index (χ4n) is 3.18. The van der Waals surface area contributed by atoms with Crippen LogP contribution in [0.5, 0.6) is 0 Å². The van der Waals surface area contributed by atoms with Gasteiger partial charge in [0, 0.05) is 28.0 Å². The summed E-state index contributed by atoms with van der Waals surface area (Å²) in [6.45, 7) is 2.51. The summed E-state index contributed by atoms with van der Waals surface area (Å²) in [5.74, 6) is -0.867. The van der Waals surface area contributed by atoms with Gasteiger partial charge in [0.25, 0.3) is 0 Å². The van der Waals surface area contributed by atoms with Gasteiger partial charge in [-0.3, -0.25) is 0 Å². The number of hydrogen-bond donors (Lipinski definition) is 1. The normalized spacial score (nSPS) is 15.5. The topological polar surface area (TPSA) is 43.8 Å². The van der Waals surface area contributed by atoms with Crippen molar-refractivity contribution in [3.8, 4) is 0 Å². The third-order valence-electron chi connectivity index (χ3n) is 4.11. The van der Waals surface area contributed by atoms with Crippen LogP contribution in [0.15, 0.2) is 36.4 Å². The van der Waals surface area contributed by atoms with E-state index >= 15 is 0 Å². The third-order valence-corrected chi connectivity index (χ3v) is 4.78. The monoisotopic (exact) mass is 392 g/mol. The summed E-state index contributed by atoms with van der Waals surface area (Å²) in [5, 5.41) is 9.15. The van der Waals surface area contributed by atoms with Gasteiger partial charge in [-0.2, -0.15) is 0 Å². The molecule has 0 radical (unpaired) electrons. The maximum atomic E-state index is 11.1. The van der Waals surface area contributed by atoms with Crippen LogP contribution >= 0.6 is 22.6 Å². The van der Waals surface area contributed by atoms with Gasteiger partial charge in [0.2, 0.25) is 0 Å². The minimum atomic E-state index is -0.867. The van der Waals surface area contributed by atoms with Crippen LogP contribution < -0.4 is 9.80 Å². The van der Waals surface area contributed by atoms with E-state index in [0.717, 1.165) is 31.0 Å². The van der Waals surface area contributed by atoms with E-state index in [1.54, 1.807) is 12.1 Å². The van der Waals surface area contributed by atoms with Crippen LogP contribution in [0.25, 0.3) is 0 Å². The Bertz CT molecular complexity index is 760. The Morgan fingerprint density at radius 2 is 1.62 bits per heavy atom. The Hall–Kier alpha value is -1.76. The highest BCUT2D eigenvalue weighted by molar-refractivity contribution is 14.1. The molecule has 0 saturated heterocycles. The van der Waals surface area contributed by atoms with Crippen molar-refractivity contribution < 1.29 is 9.90 Å². The van der Waals surface area contributed by atoms with E-state index < -0.39 is 5.97 Å². The van der Waals surface area contributed by atoms with Crippen molar-refractivity contribution in [2.24, 2.45) is 0 Å². The zero-order valence-corrected chi connectivity index (χ0v) is 13.4. The van der Waals surface area contributed by atoms with Crippen LogP contribution in [0, 0.1) is 3.57 Å². The smallest absolute Gasteiger partial charge is 0.335 e. The summed E-state index contributed by atoms with van der Waals surface area (Å²) >= 11 is 2.34. The van der Waals surface area contributed by atoms with Crippen molar-refractivity contribution in [2.45, 2.75) is 13.1 Å². The molecule has 0 fully saturated rings. The van der Waals surface area contributed by atoms with Gasteiger partial charge in [-0.15, -0.1) is 0 Å². The number of rotatable bonds is 1. The molecule has 0 amide bonds. The molecule has 1 N–H and O–H groups in total. The van der Waals surface area contributed by atoms with E-state index in [1.807, 2.05) is 6.07 Å². The lowest BCUT2D eigenvalue weighted by atomic mass is 10.00. The molecule has 0 spiro atoms. The predicted octanol–water partition coefficient (Wildman–Crippen LogP) is 3.29. The fourth-order valence-corrected chi connectivity index (χ4v) is 3.74. The first-order valence-electron chi connectivity index (χ1n) is 6.76. The summed E-state index contributed by atoms with van der Waals surface area (Å²) in [6.07, 6.45) is 0. The van der Waals surface area contributed by atoms with E-state index in [2.05, 4.69) is 50.6 Å². The molecule has 2 aliphatic heterocycles. The Kier molecular flexibility index (Phi) is 2.85. The zero-order valence-electron chi connectivity index (χ0n) is 11.2. The quantitative estimate of drug-likeness (QED) is 0.757. The highest BCUT2D eigenvalue weighted by Crippen LogP contribution is 2.38. The first kappa shape index (κ1) is 12.9. The predicted molar refractivity (Wildman–Crippen MR) is 89.8 cm³/mol. The molecule has 2 aromatic carbocycles. The highest BCUT2D eigenvalue weighted by Gasteiger charge is 2.29. The second-order valence-electron chi connectivity index (χ2n) is 5.46. The molecule has 21 heavy (non-hydrogen) atoms. The maximum Gasteiger partial charge on any atom is 0.335 e. The van der Waals surface area contributed by atoms with Crippen LogP contribution in [-0.2, 0) is 13.1 Å². The molecule has 0 saturated carbocycles. The Morgan fingerprint density at radius 1 is 1.00 bits per heavy atom. The maximum absolute atomic E-state index is 11.1. The number of aromatic carboxylic acids is 1. The van der Waals surface area contributed by atoms with Crippen molar-refractivity contribution >= 4 is 39.9 Å². The van der Waals surface area contributed by atoms with Crippen LogP contribution in [0.3, 0.4) is 0 Å². The van der Waals surface area contributed by atoms with Gasteiger partial charge in [-0.1, -0.05) is 0 Å². The largest absolute Gasteiger partial charge is 0.478 e. The molecule has 0 unspecified atom stereocenters. The zero-order chi connectivity index (χ0) is 14.6. The van der Waals surface area contributed by atoms with E-state index in [-0.39, 0.29) is 0 Å². The number of hydrogen-bond acceptors (Lipinski definition) is 3. The highest BCUT2D eigenvalue weighted by atomic mass is 127. The molecule has 4 nitrogen and oxygen atoms in total. The number of carboxylic acids is 1. The van der Waals surface area contributed by atoms with Crippen LogP contribution in [-0.4, -0.2) is 17.7 Å². The summed E-state index contributed by atoms with van der Waals surface area (Å²) in [6, 6.07) is 12.0. The van der Waals surface area contributed by atoms with E-state index in [9.17, 15) is 4.79 Å². The third kappa shape index (κ3) is 2.07. The lowest BCUT2D eigenvalue weighted by molar-refractivity contribution is 0.0696. The first-order chi connectivity index (χ1) is 10.1. The van der Waals surface area contributed by atoms with Crippen LogP contribution in [0.1, 0.15) is 21.5 Å². The van der Waals surface area contributed by atoms with Crippen molar-refractivity contribution in [1.29, 1.82) is 0 Å². The van der Waals surface area contributed by atoms with Gasteiger partial charge in [0.15, 0.2) is 0 Å². The molecule has 106 valence electrons. The van der Waals surface area contributed by atoms with Gasteiger partial charge in [-0.05, 0) is 70.1 Å². The van der Waals surface area contributed by atoms with Gasteiger partial charge >= 0.3 is 5.97 Å². The molecule has 2 bridgehead atoms. The Morgan fingerprint density at radius 3 is 2.29 bits per heavy atom. The molecule has 4 rings (SSSR count). The molecular formula is C16H13IN2O2. The van der Waals surface area contributed by atoms with Gasteiger partial charge in [0.05, 0.1) is 12.2 Å². The average Bonchev–Trinajstić information content (AvgIpc) is 2.46. The average molecular weight is 392 g/mol.